The van der Waals surface area contributed by atoms with Crippen molar-refractivity contribution < 1.29 is 13.9 Å². The number of rotatable bonds is 3. The Morgan fingerprint density at radius 1 is 1.33 bits per heavy atom. The highest BCUT2D eigenvalue weighted by Gasteiger charge is 2.20. The lowest BCUT2D eigenvalue weighted by Crippen LogP contribution is -2.16. The zero-order valence-electron chi connectivity index (χ0n) is 8.65. The summed E-state index contributed by atoms with van der Waals surface area (Å²) in [5.74, 6) is -2.02. The summed E-state index contributed by atoms with van der Waals surface area (Å²) in [6.07, 6.45) is 0.415. The summed E-state index contributed by atoms with van der Waals surface area (Å²) in [5, 5.41) is 10.1. The van der Waals surface area contributed by atoms with Gasteiger partial charge in [-0.15, -0.1) is 0 Å². The van der Waals surface area contributed by atoms with Gasteiger partial charge in [0, 0.05) is 17.0 Å². The fourth-order valence-corrected chi connectivity index (χ4v) is 1.52. The largest absolute Gasteiger partial charge is 0.505 e. The maximum atomic E-state index is 13.0. The molecule has 0 saturated carbocycles. The topological polar surface area (TPSA) is 20.2 Å². The minimum absolute atomic E-state index is 0.155. The van der Waals surface area contributed by atoms with Crippen LogP contribution in [-0.4, -0.2) is 10.4 Å². The maximum Gasteiger partial charge on any atom is 0.168 e. The molecule has 0 aliphatic heterocycles. The number of aromatic hydroxyl groups is 1. The summed E-state index contributed by atoms with van der Waals surface area (Å²) in [5.41, 5.74) is 0.148. The van der Waals surface area contributed by atoms with Crippen LogP contribution in [0.4, 0.5) is 8.78 Å². The van der Waals surface area contributed by atoms with Gasteiger partial charge in [-0.05, 0) is 17.9 Å². The molecule has 0 aromatic heterocycles. The quantitative estimate of drug-likeness (QED) is 0.838. The molecule has 0 unspecified atom stereocenters. The van der Waals surface area contributed by atoms with Crippen LogP contribution < -0.4 is 0 Å². The maximum absolute atomic E-state index is 13.0. The average Bonchev–Trinajstić information content (AvgIpc) is 2.13. The Kier molecular flexibility index (Phi) is 3.71. The van der Waals surface area contributed by atoms with Crippen molar-refractivity contribution in [3.8, 4) is 5.75 Å². The predicted molar refractivity (Wildman–Crippen MR) is 59.3 cm³/mol. The molecule has 1 N–H and O–H groups in total. The molecule has 0 bridgehead atoms. The fraction of sp³-hybridized carbons (Fsp3) is 0.455. The van der Waals surface area contributed by atoms with Crippen molar-refractivity contribution in [1.82, 2.24) is 0 Å². The first-order valence-electron chi connectivity index (χ1n) is 4.58. The monoisotopic (exact) mass is 278 g/mol. The Balaban J connectivity index is 3.05. The second kappa shape index (κ2) is 4.47. The number of phenolic OH excluding ortho intramolecular Hbond substituents is 1. The number of phenols is 1. The van der Waals surface area contributed by atoms with Crippen molar-refractivity contribution in [3.05, 3.63) is 29.3 Å². The van der Waals surface area contributed by atoms with Gasteiger partial charge in [-0.1, -0.05) is 29.8 Å². The third-order valence-electron chi connectivity index (χ3n) is 2.14. The van der Waals surface area contributed by atoms with Gasteiger partial charge in [0.05, 0.1) is 0 Å². The van der Waals surface area contributed by atoms with Crippen LogP contribution in [0.1, 0.15) is 19.4 Å². The number of benzene rings is 1. The number of alkyl halides is 1. The van der Waals surface area contributed by atoms with Crippen LogP contribution in [0, 0.1) is 17.0 Å². The van der Waals surface area contributed by atoms with Gasteiger partial charge in [-0.2, -0.15) is 0 Å². The highest BCUT2D eigenvalue weighted by atomic mass is 79.9. The third kappa shape index (κ3) is 3.16. The second-order valence-corrected chi connectivity index (χ2v) is 4.93. The number of halogens is 3. The second-order valence-electron chi connectivity index (χ2n) is 4.37. The lowest BCUT2D eigenvalue weighted by molar-refractivity contribution is 0.386. The van der Waals surface area contributed by atoms with Crippen LogP contribution in [0.25, 0.3) is 0 Å². The van der Waals surface area contributed by atoms with E-state index < -0.39 is 17.4 Å². The molecule has 0 heterocycles. The first kappa shape index (κ1) is 12.4. The smallest absolute Gasteiger partial charge is 0.168 e. The van der Waals surface area contributed by atoms with Gasteiger partial charge in [-0.3, -0.25) is 0 Å². The van der Waals surface area contributed by atoms with E-state index in [1.54, 1.807) is 0 Å². The van der Waals surface area contributed by atoms with Crippen LogP contribution >= 0.6 is 15.9 Å². The summed E-state index contributed by atoms with van der Waals surface area (Å²) in [4.78, 5) is 0. The van der Waals surface area contributed by atoms with Crippen LogP contribution in [0.15, 0.2) is 12.1 Å². The van der Waals surface area contributed by atoms with E-state index >= 15 is 0 Å². The first-order chi connectivity index (χ1) is 6.85. The standard InChI is InChI=1S/C11H13BrF2O/c1-11(2,6-12)5-7-3-8(13)4-9(14)10(7)15/h3-4,15H,5-6H2,1-2H3. The van der Waals surface area contributed by atoms with Gasteiger partial charge in [0.2, 0.25) is 0 Å². The summed E-state index contributed by atoms with van der Waals surface area (Å²) in [6.45, 7) is 3.90. The molecule has 0 saturated heterocycles. The number of hydrogen-bond donors (Lipinski definition) is 1. The molecular weight excluding hydrogens is 266 g/mol. The fourth-order valence-electron chi connectivity index (χ4n) is 1.32. The van der Waals surface area contributed by atoms with Gasteiger partial charge in [0.15, 0.2) is 11.6 Å². The molecule has 0 amide bonds. The number of hydrogen-bond acceptors (Lipinski definition) is 1. The van der Waals surface area contributed by atoms with Gasteiger partial charge in [0.1, 0.15) is 5.82 Å². The molecule has 1 aromatic rings. The Labute approximate surface area is 96.2 Å². The van der Waals surface area contributed by atoms with Crippen molar-refractivity contribution >= 4 is 15.9 Å². The van der Waals surface area contributed by atoms with E-state index in [-0.39, 0.29) is 5.41 Å². The molecule has 0 aliphatic carbocycles. The van der Waals surface area contributed by atoms with Gasteiger partial charge < -0.3 is 5.11 Å². The van der Waals surface area contributed by atoms with Crippen molar-refractivity contribution in [3.63, 3.8) is 0 Å². The van der Waals surface area contributed by atoms with Gasteiger partial charge in [0.25, 0.3) is 0 Å². The third-order valence-corrected chi connectivity index (χ3v) is 3.66. The lowest BCUT2D eigenvalue weighted by Gasteiger charge is -2.22. The zero-order chi connectivity index (χ0) is 11.6. The zero-order valence-corrected chi connectivity index (χ0v) is 10.2. The van der Waals surface area contributed by atoms with Crippen LogP contribution in [0.5, 0.6) is 5.75 Å². The van der Waals surface area contributed by atoms with E-state index in [4.69, 9.17) is 0 Å². The molecule has 0 fully saturated rings. The minimum Gasteiger partial charge on any atom is -0.505 e. The molecule has 0 radical (unpaired) electrons. The molecule has 15 heavy (non-hydrogen) atoms. The molecule has 4 heteroatoms. The first-order valence-corrected chi connectivity index (χ1v) is 5.71. The van der Waals surface area contributed by atoms with E-state index in [9.17, 15) is 13.9 Å². The van der Waals surface area contributed by atoms with Crippen LogP contribution in [0.2, 0.25) is 0 Å². The van der Waals surface area contributed by atoms with E-state index in [2.05, 4.69) is 15.9 Å². The molecule has 1 nitrogen and oxygen atoms in total. The van der Waals surface area contributed by atoms with Crippen molar-refractivity contribution in [1.29, 1.82) is 0 Å². The molecular formula is C11H13BrF2O. The SMILES string of the molecule is CC(C)(CBr)Cc1cc(F)cc(F)c1O. The van der Waals surface area contributed by atoms with E-state index in [1.165, 1.54) is 6.07 Å². The van der Waals surface area contributed by atoms with E-state index in [0.717, 1.165) is 0 Å². The van der Waals surface area contributed by atoms with E-state index in [0.29, 0.717) is 23.4 Å². The predicted octanol–water partition coefficient (Wildman–Crippen LogP) is 3.63. The normalized spacial score (nSPS) is 11.8. The van der Waals surface area contributed by atoms with E-state index in [1.807, 2.05) is 13.8 Å². The molecule has 0 atom stereocenters. The Morgan fingerprint density at radius 2 is 1.93 bits per heavy atom. The van der Waals surface area contributed by atoms with Crippen molar-refractivity contribution in [2.45, 2.75) is 20.3 Å². The van der Waals surface area contributed by atoms with Gasteiger partial charge in [-0.25, -0.2) is 8.78 Å². The molecule has 1 aromatic carbocycles. The Bertz CT molecular complexity index is 364. The summed E-state index contributed by atoms with van der Waals surface area (Å²) in [6, 6.07) is 1.85. The average molecular weight is 279 g/mol. The Morgan fingerprint density at radius 3 is 2.47 bits per heavy atom. The summed E-state index contributed by atoms with van der Waals surface area (Å²) in [7, 11) is 0. The van der Waals surface area contributed by atoms with Crippen LogP contribution in [0.3, 0.4) is 0 Å². The molecule has 0 aliphatic rings. The molecule has 1 rings (SSSR count). The van der Waals surface area contributed by atoms with Crippen LogP contribution in [-0.2, 0) is 6.42 Å². The summed E-state index contributed by atoms with van der Waals surface area (Å²) < 4.78 is 25.9. The molecule has 0 spiro atoms. The minimum atomic E-state index is -0.907. The highest BCUT2D eigenvalue weighted by molar-refractivity contribution is 9.09. The van der Waals surface area contributed by atoms with Crippen molar-refractivity contribution in [2.24, 2.45) is 5.41 Å². The molecule has 84 valence electrons. The summed E-state index contributed by atoms with van der Waals surface area (Å²) >= 11 is 3.32. The van der Waals surface area contributed by atoms with Crippen molar-refractivity contribution in [2.75, 3.05) is 5.33 Å². The van der Waals surface area contributed by atoms with Gasteiger partial charge >= 0.3 is 0 Å². The Hall–Kier alpha value is -0.640. The lowest BCUT2D eigenvalue weighted by atomic mass is 9.87. The highest BCUT2D eigenvalue weighted by Crippen LogP contribution is 2.30.